The number of hydrogen-bond donors (Lipinski definition) is 4. The van der Waals surface area contributed by atoms with Crippen LogP contribution in [0.3, 0.4) is 0 Å². The van der Waals surface area contributed by atoms with Crippen LogP contribution >= 0.6 is 0 Å². The molecule has 0 unspecified atom stereocenters. The summed E-state index contributed by atoms with van der Waals surface area (Å²) < 4.78 is 17.0. The normalized spacial score (nSPS) is 11.2. The standard InChI is InChI=1S/C34H37FN8O/c1-22-14-30(35)29(33(44)41-25-16-24(34(2,3)4)17-28(18-25)42(6)13-11-36-5)15-23(22)9-10-27-21-37-32-31(8-7-12-43(27)32)40-26-19-38-39-20-26/h7-8,12,14-21,36,40H,11,13H2,1-6H3,(H,38,39)(H,41,44). The zero-order valence-corrected chi connectivity index (χ0v) is 25.8. The molecule has 44 heavy (non-hydrogen) atoms. The Hall–Kier alpha value is -5.14. The van der Waals surface area contributed by atoms with Gasteiger partial charge in [-0.05, 0) is 78.9 Å². The average molecular weight is 593 g/mol. The number of amides is 1. The maximum atomic E-state index is 15.2. The number of aryl methyl sites for hydroxylation is 1. The molecule has 9 nitrogen and oxygen atoms in total. The third-order valence-corrected chi connectivity index (χ3v) is 7.38. The zero-order chi connectivity index (χ0) is 31.4. The highest BCUT2D eigenvalue weighted by atomic mass is 19.1. The first-order valence-corrected chi connectivity index (χ1v) is 14.4. The van der Waals surface area contributed by atoms with Gasteiger partial charge >= 0.3 is 0 Å². The highest BCUT2D eigenvalue weighted by molar-refractivity contribution is 6.05. The van der Waals surface area contributed by atoms with Gasteiger partial charge in [-0.15, -0.1) is 0 Å². The molecule has 10 heteroatoms. The van der Waals surface area contributed by atoms with E-state index in [4.69, 9.17) is 0 Å². The Balaban J connectivity index is 1.43. The van der Waals surface area contributed by atoms with Crippen LogP contribution in [0.2, 0.25) is 0 Å². The van der Waals surface area contributed by atoms with E-state index < -0.39 is 11.7 Å². The monoisotopic (exact) mass is 592 g/mol. The van der Waals surface area contributed by atoms with Crippen molar-refractivity contribution in [2.45, 2.75) is 33.1 Å². The number of benzene rings is 2. The summed E-state index contributed by atoms with van der Waals surface area (Å²) in [5, 5.41) is 16.1. The lowest BCUT2D eigenvalue weighted by molar-refractivity contribution is 0.102. The van der Waals surface area contributed by atoms with Gasteiger partial charge in [-0.3, -0.25) is 14.3 Å². The summed E-state index contributed by atoms with van der Waals surface area (Å²) in [6.45, 7) is 9.75. The number of halogens is 1. The van der Waals surface area contributed by atoms with E-state index in [0.29, 0.717) is 28.2 Å². The number of nitrogens with one attached hydrogen (secondary N) is 4. The molecule has 1 amide bonds. The van der Waals surface area contributed by atoms with Gasteiger partial charge < -0.3 is 20.9 Å². The first kappa shape index (κ1) is 30.3. The van der Waals surface area contributed by atoms with Crippen LogP contribution in [0.5, 0.6) is 0 Å². The molecular formula is C34H37FN8O. The average Bonchev–Trinajstić information content (AvgIpc) is 3.65. The lowest BCUT2D eigenvalue weighted by atomic mass is 9.86. The van der Waals surface area contributed by atoms with Crippen LogP contribution in [0.4, 0.5) is 27.1 Å². The molecule has 3 aromatic heterocycles. The zero-order valence-electron chi connectivity index (χ0n) is 25.8. The van der Waals surface area contributed by atoms with Gasteiger partial charge in [0.1, 0.15) is 11.5 Å². The number of anilines is 4. The number of fused-ring (bicyclic) bond motifs is 1. The number of carbonyl (C=O) groups is 1. The molecule has 226 valence electrons. The van der Waals surface area contributed by atoms with Crippen molar-refractivity contribution < 1.29 is 9.18 Å². The van der Waals surface area contributed by atoms with Crippen molar-refractivity contribution in [3.8, 4) is 11.8 Å². The molecule has 0 aliphatic carbocycles. The minimum Gasteiger partial charge on any atom is -0.373 e. The highest BCUT2D eigenvalue weighted by Crippen LogP contribution is 2.31. The topological polar surface area (TPSA) is 102 Å². The van der Waals surface area contributed by atoms with Crippen LogP contribution in [0.25, 0.3) is 5.65 Å². The molecule has 0 spiro atoms. The fraction of sp³-hybridized carbons (Fsp3) is 0.265. The van der Waals surface area contributed by atoms with Crippen molar-refractivity contribution in [1.29, 1.82) is 0 Å². The van der Waals surface area contributed by atoms with Gasteiger partial charge in [-0.2, -0.15) is 5.10 Å². The largest absolute Gasteiger partial charge is 0.373 e. The minimum atomic E-state index is -0.603. The second kappa shape index (κ2) is 12.6. The summed E-state index contributed by atoms with van der Waals surface area (Å²) >= 11 is 0. The Morgan fingerprint density at radius 2 is 1.93 bits per heavy atom. The predicted molar refractivity (Wildman–Crippen MR) is 174 cm³/mol. The molecule has 2 aromatic carbocycles. The van der Waals surface area contributed by atoms with Crippen LogP contribution in [0.1, 0.15) is 53.5 Å². The van der Waals surface area contributed by atoms with Gasteiger partial charge in [0.2, 0.25) is 0 Å². The number of aromatic nitrogens is 4. The lowest BCUT2D eigenvalue weighted by Crippen LogP contribution is -2.27. The van der Waals surface area contributed by atoms with Gasteiger partial charge in [0.05, 0.1) is 29.3 Å². The van der Waals surface area contributed by atoms with Gasteiger partial charge in [-0.1, -0.05) is 26.7 Å². The first-order chi connectivity index (χ1) is 21.0. The number of nitrogens with zero attached hydrogens (tertiary/aromatic N) is 4. The Labute approximate surface area is 256 Å². The van der Waals surface area contributed by atoms with Crippen LogP contribution in [-0.4, -0.2) is 52.7 Å². The smallest absolute Gasteiger partial charge is 0.258 e. The third kappa shape index (κ3) is 6.74. The lowest BCUT2D eigenvalue weighted by Gasteiger charge is -2.25. The van der Waals surface area contributed by atoms with E-state index in [2.05, 4.69) is 74.7 Å². The molecule has 4 N–H and O–H groups in total. The van der Waals surface area contributed by atoms with Crippen LogP contribution in [0.15, 0.2) is 67.3 Å². The first-order valence-electron chi connectivity index (χ1n) is 14.4. The Bertz CT molecular complexity index is 1860. The van der Waals surface area contributed by atoms with Crippen LogP contribution < -0.4 is 20.9 Å². The fourth-order valence-electron chi connectivity index (χ4n) is 4.73. The number of carbonyl (C=O) groups excluding carboxylic acids is 1. The quantitative estimate of drug-likeness (QED) is 0.169. The van der Waals surface area contributed by atoms with E-state index in [9.17, 15) is 4.79 Å². The van der Waals surface area contributed by atoms with E-state index in [1.807, 2.05) is 49.0 Å². The van der Waals surface area contributed by atoms with E-state index in [0.717, 1.165) is 35.7 Å². The van der Waals surface area contributed by atoms with Gasteiger partial charge in [-0.25, -0.2) is 9.37 Å². The van der Waals surface area contributed by atoms with E-state index >= 15 is 4.39 Å². The van der Waals surface area contributed by atoms with Crippen LogP contribution in [-0.2, 0) is 5.41 Å². The summed E-state index contributed by atoms with van der Waals surface area (Å²) in [7, 11) is 3.92. The summed E-state index contributed by atoms with van der Waals surface area (Å²) in [6, 6.07) is 12.7. The van der Waals surface area contributed by atoms with Crippen molar-refractivity contribution in [2.24, 2.45) is 0 Å². The highest BCUT2D eigenvalue weighted by Gasteiger charge is 2.19. The second-order valence-corrected chi connectivity index (χ2v) is 11.8. The van der Waals surface area contributed by atoms with E-state index in [1.165, 1.54) is 12.1 Å². The third-order valence-electron chi connectivity index (χ3n) is 7.38. The number of imidazole rings is 1. The van der Waals surface area contributed by atoms with Gasteiger partial charge in [0.15, 0.2) is 5.65 Å². The Kier molecular flexibility index (Phi) is 8.69. The van der Waals surface area contributed by atoms with Crippen molar-refractivity contribution in [1.82, 2.24) is 24.9 Å². The molecule has 5 rings (SSSR count). The molecular weight excluding hydrogens is 555 g/mol. The number of hydrogen-bond acceptors (Lipinski definition) is 6. The van der Waals surface area contributed by atoms with Crippen molar-refractivity contribution in [3.63, 3.8) is 0 Å². The SMILES string of the molecule is CNCCN(C)c1cc(NC(=O)c2cc(C#Cc3cnc4c(Nc5cn[nH]c5)cccn34)c(C)cc2F)cc(C(C)(C)C)c1. The summed E-state index contributed by atoms with van der Waals surface area (Å²) in [4.78, 5) is 20.1. The van der Waals surface area contributed by atoms with Crippen molar-refractivity contribution in [2.75, 3.05) is 42.7 Å². The molecule has 0 saturated carbocycles. The van der Waals surface area contributed by atoms with Crippen molar-refractivity contribution in [3.05, 3.63) is 101 Å². The number of H-pyrrole nitrogens is 1. The number of rotatable bonds is 8. The fourth-order valence-corrected chi connectivity index (χ4v) is 4.73. The second-order valence-electron chi connectivity index (χ2n) is 11.8. The molecule has 0 fully saturated rings. The van der Waals surface area contributed by atoms with E-state index in [-0.39, 0.29) is 11.0 Å². The molecule has 5 aromatic rings. The Morgan fingerprint density at radius 1 is 1.11 bits per heavy atom. The van der Waals surface area contributed by atoms with Crippen molar-refractivity contribution >= 4 is 34.3 Å². The van der Waals surface area contributed by atoms with Crippen LogP contribution in [0, 0.1) is 24.6 Å². The molecule has 0 aliphatic rings. The number of aromatic amines is 1. The predicted octanol–water partition coefficient (Wildman–Crippen LogP) is 5.85. The maximum Gasteiger partial charge on any atom is 0.258 e. The summed E-state index contributed by atoms with van der Waals surface area (Å²) in [5.41, 5.74) is 6.55. The molecule has 0 aliphatic heterocycles. The molecule has 0 saturated heterocycles. The molecule has 0 bridgehead atoms. The minimum absolute atomic E-state index is 0.0733. The summed E-state index contributed by atoms with van der Waals surface area (Å²) in [6.07, 6.45) is 6.99. The number of pyridine rings is 1. The molecule has 3 heterocycles. The van der Waals surface area contributed by atoms with Gasteiger partial charge in [0.25, 0.3) is 5.91 Å². The molecule has 0 atom stereocenters. The van der Waals surface area contributed by atoms with Gasteiger partial charge in [0, 0.05) is 49.5 Å². The maximum absolute atomic E-state index is 15.2. The van der Waals surface area contributed by atoms with E-state index in [1.54, 1.807) is 25.5 Å². The Morgan fingerprint density at radius 3 is 2.66 bits per heavy atom. The summed E-state index contributed by atoms with van der Waals surface area (Å²) in [5.74, 6) is 5.13. The number of likely N-dealkylation sites (N-methyl/N-ethyl adjacent to an activating group) is 2. The molecule has 0 radical (unpaired) electrons.